The Morgan fingerprint density at radius 2 is 1.57 bits per heavy atom. The molecule has 0 radical (unpaired) electrons. The summed E-state index contributed by atoms with van der Waals surface area (Å²) in [5.74, 6) is 0.398. The predicted molar refractivity (Wildman–Crippen MR) is 100 cm³/mol. The molecule has 0 aliphatic heterocycles. The Kier molecular flexibility index (Phi) is 8.47. The number of rotatable bonds is 10. The van der Waals surface area contributed by atoms with Gasteiger partial charge in [0.15, 0.2) is 0 Å². The first kappa shape index (κ1) is 17.7. The molecule has 2 aromatic rings. The molecular weight excluding hydrogens is 347 g/mol. The van der Waals surface area contributed by atoms with E-state index < -0.39 is 0 Å². The van der Waals surface area contributed by atoms with Crippen LogP contribution in [0.1, 0.15) is 37.7 Å². The third kappa shape index (κ3) is 7.97. The number of hydrogen-bond acceptors (Lipinski definition) is 1. The van der Waals surface area contributed by atoms with Gasteiger partial charge in [0.2, 0.25) is 0 Å². The molecule has 0 amide bonds. The van der Waals surface area contributed by atoms with Gasteiger partial charge in [-0.2, -0.15) is 0 Å². The van der Waals surface area contributed by atoms with E-state index >= 15 is 0 Å². The van der Waals surface area contributed by atoms with Crippen LogP contribution in [0, 0.1) is 0 Å². The van der Waals surface area contributed by atoms with Crippen molar-refractivity contribution in [3.05, 3.63) is 72.3 Å². The fourth-order valence-electron chi connectivity index (χ4n) is 2.28. The third-order valence-corrected chi connectivity index (χ3v) is 5.87. The standard InChI is InChI=1S/C21H24OSe/c22-20(14-8-7-13-19-11-3-1-4-12-19)15-9-10-18-23-21-16-5-2-6-17-21/h1-7,11-13,16-17H,8-10,14-15,18H2/b13-7+. The molecule has 120 valence electrons. The topological polar surface area (TPSA) is 17.1 Å². The Morgan fingerprint density at radius 1 is 0.870 bits per heavy atom. The molecule has 0 unspecified atom stereocenters. The Morgan fingerprint density at radius 3 is 2.30 bits per heavy atom. The van der Waals surface area contributed by atoms with E-state index in [0.29, 0.717) is 27.2 Å². The Labute approximate surface area is 146 Å². The van der Waals surface area contributed by atoms with Gasteiger partial charge in [-0.15, -0.1) is 0 Å². The second kappa shape index (κ2) is 11.0. The molecule has 0 aromatic heterocycles. The van der Waals surface area contributed by atoms with Crippen LogP contribution in [0.3, 0.4) is 0 Å². The Bertz CT molecular complexity index is 590. The SMILES string of the molecule is O=C(CC/C=C/c1ccccc1)CCCC[Se]c1ccccc1. The summed E-state index contributed by atoms with van der Waals surface area (Å²) in [4.78, 5) is 11.9. The van der Waals surface area contributed by atoms with Gasteiger partial charge in [-0.3, -0.25) is 0 Å². The van der Waals surface area contributed by atoms with Gasteiger partial charge >= 0.3 is 140 Å². The molecule has 0 saturated carbocycles. The molecule has 0 bridgehead atoms. The van der Waals surface area contributed by atoms with Crippen molar-refractivity contribution in [2.45, 2.75) is 37.4 Å². The average molecular weight is 371 g/mol. The van der Waals surface area contributed by atoms with Crippen LogP contribution in [0.5, 0.6) is 0 Å². The van der Waals surface area contributed by atoms with Crippen LogP contribution in [0.4, 0.5) is 0 Å². The normalized spacial score (nSPS) is 11.0. The van der Waals surface area contributed by atoms with Crippen LogP contribution in [-0.4, -0.2) is 20.7 Å². The second-order valence-electron chi connectivity index (χ2n) is 5.51. The van der Waals surface area contributed by atoms with Crippen molar-refractivity contribution in [2.75, 3.05) is 0 Å². The first-order valence-electron chi connectivity index (χ1n) is 8.26. The molecule has 23 heavy (non-hydrogen) atoms. The van der Waals surface area contributed by atoms with Crippen LogP contribution in [0.25, 0.3) is 6.08 Å². The summed E-state index contributed by atoms with van der Waals surface area (Å²) in [7, 11) is 0. The third-order valence-electron chi connectivity index (χ3n) is 3.56. The molecule has 2 rings (SSSR count). The van der Waals surface area contributed by atoms with Crippen molar-refractivity contribution >= 4 is 31.3 Å². The van der Waals surface area contributed by atoms with Crippen molar-refractivity contribution in [2.24, 2.45) is 0 Å². The predicted octanol–water partition coefficient (Wildman–Crippen LogP) is 4.67. The van der Waals surface area contributed by atoms with Crippen LogP contribution in [0.2, 0.25) is 5.32 Å². The fraction of sp³-hybridized carbons (Fsp3) is 0.286. The van der Waals surface area contributed by atoms with E-state index in [1.807, 2.05) is 18.2 Å². The van der Waals surface area contributed by atoms with Gasteiger partial charge in [0.05, 0.1) is 0 Å². The minimum atomic E-state index is 0.398. The minimum absolute atomic E-state index is 0.398. The zero-order chi connectivity index (χ0) is 16.2. The molecule has 2 heteroatoms. The maximum atomic E-state index is 11.9. The molecule has 0 saturated heterocycles. The summed E-state index contributed by atoms with van der Waals surface area (Å²) >= 11 is 0.558. The zero-order valence-electron chi connectivity index (χ0n) is 13.5. The molecule has 0 aliphatic carbocycles. The summed E-state index contributed by atoms with van der Waals surface area (Å²) in [6, 6.07) is 20.9. The van der Waals surface area contributed by atoms with E-state index in [4.69, 9.17) is 0 Å². The molecule has 0 atom stereocenters. The van der Waals surface area contributed by atoms with E-state index in [9.17, 15) is 4.79 Å². The quantitative estimate of drug-likeness (QED) is 0.438. The number of hydrogen-bond donors (Lipinski definition) is 0. The molecule has 0 heterocycles. The molecular formula is C21H24OSe. The van der Waals surface area contributed by atoms with Crippen molar-refractivity contribution in [3.8, 4) is 0 Å². The fourth-order valence-corrected chi connectivity index (χ4v) is 4.24. The summed E-state index contributed by atoms with van der Waals surface area (Å²) in [6.45, 7) is 0. The van der Waals surface area contributed by atoms with Crippen LogP contribution >= 0.6 is 0 Å². The summed E-state index contributed by atoms with van der Waals surface area (Å²) < 4.78 is 1.46. The summed E-state index contributed by atoms with van der Waals surface area (Å²) in [6.07, 6.45) is 8.66. The van der Waals surface area contributed by atoms with Crippen molar-refractivity contribution < 1.29 is 4.79 Å². The molecule has 0 spiro atoms. The van der Waals surface area contributed by atoms with E-state index in [2.05, 4.69) is 54.6 Å². The summed E-state index contributed by atoms with van der Waals surface area (Å²) in [5, 5.41) is 1.23. The number of ketones is 1. The van der Waals surface area contributed by atoms with E-state index in [0.717, 1.165) is 19.3 Å². The van der Waals surface area contributed by atoms with Crippen molar-refractivity contribution in [1.82, 2.24) is 0 Å². The first-order valence-corrected chi connectivity index (χ1v) is 10.3. The van der Waals surface area contributed by atoms with Gasteiger partial charge in [-0.25, -0.2) is 0 Å². The van der Waals surface area contributed by atoms with Gasteiger partial charge in [0.1, 0.15) is 0 Å². The van der Waals surface area contributed by atoms with Crippen LogP contribution in [-0.2, 0) is 4.79 Å². The molecule has 0 fully saturated rings. The van der Waals surface area contributed by atoms with Gasteiger partial charge in [0, 0.05) is 0 Å². The van der Waals surface area contributed by atoms with Crippen molar-refractivity contribution in [1.29, 1.82) is 0 Å². The van der Waals surface area contributed by atoms with Crippen molar-refractivity contribution in [3.63, 3.8) is 0 Å². The monoisotopic (exact) mass is 372 g/mol. The van der Waals surface area contributed by atoms with Gasteiger partial charge in [-0.05, 0) is 0 Å². The first-order chi connectivity index (χ1) is 11.3. The number of allylic oxidation sites excluding steroid dienone is 1. The zero-order valence-corrected chi connectivity index (χ0v) is 15.2. The van der Waals surface area contributed by atoms with E-state index in [1.54, 1.807) is 0 Å². The number of benzene rings is 2. The molecule has 0 aliphatic rings. The van der Waals surface area contributed by atoms with Gasteiger partial charge in [-0.1, -0.05) is 6.07 Å². The van der Waals surface area contributed by atoms with Crippen LogP contribution in [0.15, 0.2) is 66.7 Å². The van der Waals surface area contributed by atoms with E-state index in [1.165, 1.54) is 21.8 Å². The second-order valence-corrected chi connectivity index (χ2v) is 7.96. The van der Waals surface area contributed by atoms with Crippen LogP contribution < -0.4 is 4.46 Å². The van der Waals surface area contributed by atoms with Gasteiger partial charge in [0.25, 0.3) is 0 Å². The van der Waals surface area contributed by atoms with E-state index in [-0.39, 0.29) is 0 Å². The average Bonchev–Trinajstić information content (AvgIpc) is 2.60. The molecule has 2 aromatic carbocycles. The van der Waals surface area contributed by atoms with Gasteiger partial charge < -0.3 is 0 Å². The number of carbonyl (C=O) groups is 1. The molecule has 0 N–H and O–H groups in total. The number of unbranched alkanes of at least 4 members (excludes halogenated alkanes) is 1. The molecule has 1 nitrogen and oxygen atoms in total. The maximum absolute atomic E-state index is 11.9. The Hall–Kier alpha value is -1.63. The summed E-state index contributed by atoms with van der Waals surface area (Å²) in [5.41, 5.74) is 1.20. The number of carbonyl (C=O) groups excluding carboxylic acids is 1. The Balaban J connectivity index is 1.51. The number of Topliss-reactive ketones (excluding diaryl/α,β-unsaturated/α-hetero) is 1.